The zero-order valence-corrected chi connectivity index (χ0v) is 14.2. The minimum atomic E-state index is -1.08. The van der Waals surface area contributed by atoms with Crippen LogP contribution in [0.3, 0.4) is 0 Å². The van der Waals surface area contributed by atoms with Crippen LogP contribution in [0.15, 0.2) is 12.4 Å². The molecular formula is C15H23N3O5. The Morgan fingerprint density at radius 2 is 1.70 bits per heavy atom. The minimum absolute atomic E-state index is 0.0723. The molecule has 1 amide bonds. The molecule has 1 rings (SSSR count). The van der Waals surface area contributed by atoms with Gasteiger partial charge in [0.2, 0.25) is 5.95 Å². The Morgan fingerprint density at radius 1 is 1.17 bits per heavy atom. The molecule has 1 unspecified atom stereocenters. The molecule has 2 N–H and O–H groups in total. The number of nitrogens with one attached hydrogen (secondary N) is 1. The Kier molecular flexibility index (Phi) is 5.65. The first-order valence-electron chi connectivity index (χ1n) is 7.05. The standard InChI is InChI=1S/C15H23N3O5/c1-14(2,3)23-13(21)18-12-16-7-9(8-17-12)15(4,5)10(22-6)11(19)20/h7-8,10H,1-6H3,(H,19,20)(H,16,17,18,21). The average molecular weight is 325 g/mol. The van der Waals surface area contributed by atoms with Gasteiger partial charge in [0, 0.05) is 24.9 Å². The lowest BCUT2D eigenvalue weighted by Gasteiger charge is -2.30. The molecule has 8 heteroatoms. The van der Waals surface area contributed by atoms with E-state index in [1.54, 1.807) is 34.6 Å². The van der Waals surface area contributed by atoms with Gasteiger partial charge in [-0.2, -0.15) is 0 Å². The van der Waals surface area contributed by atoms with Gasteiger partial charge in [0.25, 0.3) is 0 Å². The highest BCUT2D eigenvalue weighted by Gasteiger charge is 2.37. The van der Waals surface area contributed by atoms with E-state index >= 15 is 0 Å². The van der Waals surface area contributed by atoms with Crippen LogP contribution in [0.4, 0.5) is 10.7 Å². The minimum Gasteiger partial charge on any atom is -0.479 e. The van der Waals surface area contributed by atoms with E-state index in [4.69, 9.17) is 9.47 Å². The summed E-state index contributed by atoms with van der Waals surface area (Å²) in [6.45, 7) is 8.67. The van der Waals surface area contributed by atoms with Crippen LogP contribution in [0.25, 0.3) is 0 Å². The van der Waals surface area contributed by atoms with Crippen LogP contribution >= 0.6 is 0 Å². The second kappa shape index (κ2) is 6.91. The van der Waals surface area contributed by atoms with E-state index in [1.807, 2.05) is 0 Å². The molecule has 1 atom stereocenters. The van der Waals surface area contributed by atoms with Crippen molar-refractivity contribution < 1.29 is 24.2 Å². The quantitative estimate of drug-likeness (QED) is 0.853. The van der Waals surface area contributed by atoms with E-state index in [0.717, 1.165) is 0 Å². The number of methoxy groups -OCH3 is 1. The summed E-state index contributed by atoms with van der Waals surface area (Å²) in [5.41, 5.74) is -0.897. The van der Waals surface area contributed by atoms with Gasteiger partial charge in [0.05, 0.1) is 0 Å². The average Bonchev–Trinajstić information content (AvgIpc) is 2.36. The van der Waals surface area contributed by atoms with Crippen molar-refractivity contribution in [2.24, 2.45) is 0 Å². The summed E-state index contributed by atoms with van der Waals surface area (Å²) in [6.07, 6.45) is 1.20. The highest BCUT2D eigenvalue weighted by atomic mass is 16.6. The van der Waals surface area contributed by atoms with Crippen molar-refractivity contribution >= 4 is 18.0 Å². The summed E-state index contributed by atoms with van der Waals surface area (Å²) in [7, 11) is 1.33. The summed E-state index contributed by atoms with van der Waals surface area (Å²) in [4.78, 5) is 30.9. The maximum atomic E-state index is 11.6. The molecule has 128 valence electrons. The number of hydrogen-bond donors (Lipinski definition) is 2. The van der Waals surface area contributed by atoms with Crippen molar-refractivity contribution in [3.63, 3.8) is 0 Å². The largest absolute Gasteiger partial charge is 0.479 e. The van der Waals surface area contributed by atoms with Gasteiger partial charge >= 0.3 is 12.1 Å². The lowest BCUT2D eigenvalue weighted by molar-refractivity contribution is -0.152. The molecule has 0 bridgehead atoms. The number of hydrogen-bond acceptors (Lipinski definition) is 6. The summed E-state index contributed by atoms with van der Waals surface area (Å²) < 4.78 is 10.1. The topological polar surface area (TPSA) is 111 Å². The fourth-order valence-corrected chi connectivity index (χ4v) is 1.98. The third-order valence-electron chi connectivity index (χ3n) is 3.12. The normalized spacial score (nSPS) is 13.3. The van der Waals surface area contributed by atoms with Gasteiger partial charge in [-0.15, -0.1) is 0 Å². The molecule has 8 nitrogen and oxygen atoms in total. The molecule has 0 saturated carbocycles. The summed E-state index contributed by atoms with van der Waals surface area (Å²) >= 11 is 0. The number of ether oxygens (including phenoxy) is 2. The molecule has 0 spiro atoms. The fraction of sp³-hybridized carbons (Fsp3) is 0.600. The molecule has 0 aliphatic carbocycles. The highest BCUT2D eigenvalue weighted by molar-refractivity contribution is 5.82. The maximum Gasteiger partial charge on any atom is 0.414 e. The van der Waals surface area contributed by atoms with E-state index in [2.05, 4.69) is 15.3 Å². The van der Waals surface area contributed by atoms with Crippen molar-refractivity contribution in [1.82, 2.24) is 9.97 Å². The summed E-state index contributed by atoms with van der Waals surface area (Å²) in [5, 5.41) is 11.6. The van der Waals surface area contributed by atoms with Gasteiger partial charge in [-0.3, -0.25) is 5.32 Å². The van der Waals surface area contributed by atoms with Gasteiger partial charge in [-0.1, -0.05) is 13.8 Å². The number of carboxylic acid groups (broad SMARTS) is 1. The number of nitrogens with zero attached hydrogens (tertiary/aromatic N) is 2. The Labute approximate surface area is 135 Å². The zero-order valence-electron chi connectivity index (χ0n) is 14.2. The van der Waals surface area contributed by atoms with E-state index in [9.17, 15) is 14.7 Å². The predicted molar refractivity (Wildman–Crippen MR) is 83.3 cm³/mol. The van der Waals surface area contributed by atoms with E-state index < -0.39 is 29.2 Å². The second-order valence-corrected chi connectivity index (χ2v) is 6.60. The van der Waals surface area contributed by atoms with Gasteiger partial charge in [0.1, 0.15) is 5.60 Å². The van der Waals surface area contributed by atoms with Crippen LogP contribution in [0, 0.1) is 0 Å². The molecule has 23 heavy (non-hydrogen) atoms. The smallest absolute Gasteiger partial charge is 0.414 e. The number of aliphatic carboxylic acids is 1. The van der Waals surface area contributed by atoms with E-state index in [0.29, 0.717) is 5.56 Å². The number of carbonyl (C=O) groups excluding carboxylic acids is 1. The van der Waals surface area contributed by atoms with Crippen molar-refractivity contribution in [1.29, 1.82) is 0 Å². The van der Waals surface area contributed by atoms with Crippen molar-refractivity contribution in [3.8, 4) is 0 Å². The third kappa shape index (κ3) is 5.17. The van der Waals surface area contributed by atoms with Gasteiger partial charge in [0.15, 0.2) is 6.10 Å². The Bertz CT molecular complexity index is 563. The first-order valence-corrected chi connectivity index (χ1v) is 7.05. The number of carbonyl (C=O) groups is 2. The third-order valence-corrected chi connectivity index (χ3v) is 3.12. The summed E-state index contributed by atoms with van der Waals surface area (Å²) in [5.74, 6) is -1.00. The van der Waals surface area contributed by atoms with Crippen molar-refractivity contribution in [2.45, 2.75) is 51.7 Å². The van der Waals surface area contributed by atoms with Crippen LogP contribution in [0.1, 0.15) is 40.2 Å². The van der Waals surface area contributed by atoms with E-state index in [-0.39, 0.29) is 5.95 Å². The highest BCUT2D eigenvalue weighted by Crippen LogP contribution is 2.28. The monoisotopic (exact) mass is 325 g/mol. The Morgan fingerprint density at radius 3 is 2.09 bits per heavy atom. The van der Waals surface area contributed by atoms with Crippen LogP contribution < -0.4 is 5.32 Å². The Balaban J connectivity index is 2.88. The van der Waals surface area contributed by atoms with E-state index in [1.165, 1.54) is 19.5 Å². The lowest BCUT2D eigenvalue weighted by Crippen LogP contribution is -2.41. The van der Waals surface area contributed by atoms with Crippen molar-refractivity contribution in [3.05, 3.63) is 18.0 Å². The molecule has 0 aliphatic heterocycles. The molecule has 0 aromatic carbocycles. The Hall–Kier alpha value is -2.22. The molecule has 1 aromatic heterocycles. The first kappa shape index (κ1) is 18.8. The number of carboxylic acids is 1. The molecular weight excluding hydrogens is 302 g/mol. The van der Waals surface area contributed by atoms with Gasteiger partial charge in [-0.25, -0.2) is 19.6 Å². The molecule has 0 saturated heterocycles. The van der Waals surface area contributed by atoms with Crippen LogP contribution in [0.5, 0.6) is 0 Å². The predicted octanol–water partition coefficient (Wildman–Crippen LogP) is 2.20. The molecule has 0 fully saturated rings. The van der Waals surface area contributed by atoms with Crippen LogP contribution in [0.2, 0.25) is 0 Å². The first-order chi connectivity index (χ1) is 10.5. The molecule has 1 aromatic rings. The van der Waals surface area contributed by atoms with Crippen LogP contribution in [-0.4, -0.2) is 46.0 Å². The van der Waals surface area contributed by atoms with Crippen LogP contribution in [-0.2, 0) is 19.7 Å². The van der Waals surface area contributed by atoms with Gasteiger partial charge < -0.3 is 14.6 Å². The lowest BCUT2D eigenvalue weighted by atomic mass is 9.80. The number of rotatable bonds is 5. The number of aromatic nitrogens is 2. The molecule has 1 heterocycles. The number of anilines is 1. The zero-order chi connectivity index (χ0) is 17.8. The SMILES string of the molecule is COC(C(=O)O)C(C)(C)c1cnc(NC(=O)OC(C)(C)C)nc1. The number of amides is 1. The maximum absolute atomic E-state index is 11.6. The van der Waals surface area contributed by atoms with Crippen molar-refractivity contribution in [2.75, 3.05) is 12.4 Å². The second-order valence-electron chi connectivity index (χ2n) is 6.60. The van der Waals surface area contributed by atoms with Gasteiger partial charge in [-0.05, 0) is 26.3 Å². The molecule has 0 aliphatic rings. The molecule has 0 radical (unpaired) electrons. The fourth-order valence-electron chi connectivity index (χ4n) is 1.98. The summed E-state index contributed by atoms with van der Waals surface area (Å²) in [6, 6.07) is 0.